The van der Waals surface area contributed by atoms with E-state index in [0.717, 1.165) is 10.7 Å². The third kappa shape index (κ3) is 3.34. The molecule has 0 saturated heterocycles. The predicted molar refractivity (Wildman–Crippen MR) is 70.7 cm³/mol. The summed E-state index contributed by atoms with van der Waals surface area (Å²) in [6.07, 6.45) is 1.97. The number of carbonyl (C=O) groups is 1. The molecule has 0 saturated carbocycles. The first-order chi connectivity index (χ1) is 8.15. The molecule has 0 aliphatic carbocycles. The minimum atomic E-state index is -0.0689. The largest absolute Gasteiger partial charge is 0.302 e. The fraction of sp³-hybridized carbons (Fsp3) is 0.364. The lowest BCUT2D eigenvalue weighted by atomic mass is 10.2. The summed E-state index contributed by atoms with van der Waals surface area (Å²) in [5, 5.41) is 8.22. The molecule has 90 valence electrons. The van der Waals surface area contributed by atoms with Crippen LogP contribution in [0.15, 0.2) is 17.0 Å². The van der Waals surface area contributed by atoms with Gasteiger partial charge in [-0.05, 0) is 0 Å². The van der Waals surface area contributed by atoms with Crippen LogP contribution in [0.1, 0.15) is 30.5 Å². The highest BCUT2D eigenvalue weighted by Crippen LogP contribution is 2.19. The number of rotatable bonds is 4. The average molecular weight is 267 g/mol. The second-order valence-electron chi connectivity index (χ2n) is 3.89. The molecule has 0 bridgehead atoms. The van der Waals surface area contributed by atoms with E-state index in [9.17, 15) is 4.79 Å². The number of hydrogen-bond donors (Lipinski definition) is 1. The fourth-order valence-corrected chi connectivity index (χ4v) is 2.66. The van der Waals surface area contributed by atoms with Crippen molar-refractivity contribution >= 4 is 33.7 Å². The van der Waals surface area contributed by atoms with Crippen LogP contribution >= 0.6 is 22.7 Å². The zero-order chi connectivity index (χ0) is 12.3. The Kier molecular flexibility index (Phi) is 3.86. The van der Waals surface area contributed by atoms with E-state index < -0.39 is 0 Å². The van der Waals surface area contributed by atoms with E-state index in [1.54, 1.807) is 17.5 Å². The lowest BCUT2D eigenvalue weighted by molar-refractivity contribution is -0.115. The monoisotopic (exact) mass is 267 g/mol. The first kappa shape index (κ1) is 12.2. The summed E-state index contributed by atoms with van der Waals surface area (Å²) in [5.74, 6) is 0.344. The molecule has 2 heterocycles. The summed E-state index contributed by atoms with van der Waals surface area (Å²) < 4.78 is 0. The summed E-state index contributed by atoms with van der Waals surface area (Å²) in [7, 11) is 0. The van der Waals surface area contributed by atoms with Crippen LogP contribution < -0.4 is 5.32 Å². The van der Waals surface area contributed by atoms with Crippen LogP contribution in [0.25, 0.3) is 0 Å². The number of carbonyl (C=O) groups excluding carboxylic acids is 1. The van der Waals surface area contributed by atoms with Gasteiger partial charge >= 0.3 is 0 Å². The molecule has 0 aromatic carbocycles. The highest BCUT2D eigenvalue weighted by molar-refractivity contribution is 7.13. The minimum Gasteiger partial charge on any atom is -0.302 e. The zero-order valence-electron chi connectivity index (χ0n) is 9.64. The molecule has 17 heavy (non-hydrogen) atoms. The number of nitrogens with one attached hydrogen (secondary N) is 1. The van der Waals surface area contributed by atoms with Gasteiger partial charge in [0, 0.05) is 22.9 Å². The lowest BCUT2D eigenvalue weighted by Crippen LogP contribution is -2.14. The summed E-state index contributed by atoms with van der Waals surface area (Å²) in [6, 6.07) is 0. The van der Waals surface area contributed by atoms with Gasteiger partial charge in [0.1, 0.15) is 0 Å². The van der Waals surface area contributed by atoms with Gasteiger partial charge in [0.2, 0.25) is 5.91 Å². The van der Waals surface area contributed by atoms with E-state index in [2.05, 4.69) is 29.1 Å². The Morgan fingerprint density at radius 2 is 2.29 bits per heavy atom. The Hall–Kier alpha value is -1.27. The third-order valence-corrected chi connectivity index (χ3v) is 3.97. The van der Waals surface area contributed by atoms with Crippen molar-refractivity contribution in [1.82, 2.24) is 9.97 Å². The molecule has 0 fully saturated rings. The fourth-order valence-electron chi connectivity index (χ4n) is 1.28. The molecule has 0 unspecified atom stereocenters. The van der Waals surface area contributed by atoms with Gasteiger partial charge in [0.05, 0.1) is 17.1 Å². The van der Waals surface area contributed by atoms with Gasteiger partial charge in [-0.1, -0.05) is 13.8 Å². The third-order valence-electron chi connectivity index (χ3n) is 2.08. The smallest absolute Gasteiger partial charge is 0.232 e. The number of anilines is 1. The van der Waals surface area contributed by atoms with Gasteiger partial charge in [-0.2, -0.15) is 0 Å². The van der Waals surface area contributed by atoms with Crippen LogP contribution in [0, 0.1) is 0 Å². The number of amides is 1. The molecule has 4 nitrogen and oxygen atoms in total. The van der Waals surface area contributed by atoms with Crippen LogP contribution in [-0.4, -0.2) is 15.9 Å². The summed E-state index contributed by atoms with van der Waals surface area (Å²) in [6.45, 7) is 4.19. The Balaban J connectivity index is 1.93. The first-order valence-corrected chi connectivity index (χ1v) is 7.04. The summed E-state index contributed by atoms with van der Waals surface area (Å²) in [5.41, 5.74) is 0.827. The number of hydrogen-bond acceptors (Lipinski definition) is 5. The van der Waals surface area contributed by atoms with E-state index in [1.807, 2.05) is 10.8 Å². The van der Waals surface area contributed by atoms with Gasteiger partial charge in [0.25, 0.3) is 0 Å². The molecule has 2 rings (SSSR count). The number of thiazole rings is 2. The summed E-state index contributed by atoms with van der Waals surface area (Å²) >= 11 is 3.01. The van der Waals surface area contributed by atoms with Crippen molar-refractivity contribution in [3.8, 4) is 0 Å². The Bertz CT molecular complexity index is 491. The van der Waals surface area contributed by atoms with Crippen molar-refractivity contribution in [3.05, 3.63) is 27.7 Å². The van der Waals surface area contributed by atoms with E-state index in [-0.39, 0.29) is 5.91 Å². The predicted octanol–water partition coefficient (Wildman–Crippen LogP) is 2.90. The first-order valence-electron chi connectivity index (χ1n) is 5.29. The standard InChI is InChI=1S/C11H13N3OS2/c1-7(2)10-13-8(6-17-10)5-9(15)14-11-12-3-4-16-11/h3-4,6-7H,5H2,1-2H3,(H,12,14,15). The number of nitrogens with zero attached hydrogens (tertiary/aromatic N) is 2. The van der Waals surface area contributed by atoms with Gasteiger partial charge in [0.15, 0.2) is 5.13 Å². The van der Waals surface area contributed by atoms with Crippen molar-refractivity contribution in [2.75, 3.05) is 5.32 Å². The maximum atomic E-state index is 11.7. The molecule has 1 amide bonds. The molecule has 1 N–H and O–H groups in total. The van der Waals surface area contributed by atoms with E-state index in [1.165, 1.54) is 11.3 Å². The van der Waals surface area contributed by atoms with E-state index in [4.69, 9.17) is 0 Å². The average Bonchev–Trinajstić information content (AvgIpc) is 2.88. The molecule has 0 aliphatic heterocycles. The number of aromatic nitrogens is 2. The van der Waals surface area contributed by atoms with Crippen molar-refractivity contribution < 1.29 is 4.79 Å². The Morgan fingerprint density at radius 3 is 2.88 bits per heavy atom. The Labute approximate surface area is 108 Å². The van der Waals surface area contributed by atoms with Gasteiger partial charge in [-0.15, -0.1) is 22.7 Å². The SMILES string of the molecule is CC(C)c1nc(CC(=O)Nc2nccs2)cs1. The maximum absolute atomic E-state index is 11.7. The quantitative estimate of drug-likeness (QED) is 0.926. The van der Waals surface area contributed by atoms with Crippen molar-refractivity contribution in [2.24, 2.45) is 0 Å². The highest BCUT2D eigenvalue weighted by Gasteiger charge is 2.10. The lowest BCUT2D eigenvalue weighted by Gasteiger charge is -1.99. The molecule has 0 spiro atoms. The zero-order valence-corrected chi connectivity index (χ0v) is 11.3. The molecule has 2 aromatic heterocycles. The van der Waals surface area contributed by atoms with Crippen molar-refractivity contribution in [3.63, 3.8) is 0 Å². The maximum Gasteiger partial charge on any atom is 0.232 e. The molecule has 0 radical (unpaired) electrons. The van der Waals surface area contributed by atoms with E-state index >= 15 is 0 Å². The van der Waals surface area contributed by atoms with E-state index in [0.29, 0.717) is 17.5 Å². The molecular formula is C11H13N3OS2. The van der Waals surface area contributed by atoms with Crippen molar-refractivity contribution in [2.45, 2.75) is 26.2 Å². The van der Waals surface area contributed by atoms with Gasteiger partial charge in [-0.3, -0.25) is 4.79 Å². The minimum absolute atomic E-state index is 0.0689. The van der Waals surface area contributed by atoms with Gasteiger partial charge < -0.3 is 5.32 Å². The molecule has 2 aromatic rings. The second-order valence-corrected chi connectivity index (χ2v) is 5.68. The topological polar surface area (TPSA) is 54.9 Å². The van der Waals surface area contributed by atoms with Crippen LogP contribution in [0.3, 0.4) is 0 Å². The Morgan fingerprint density at radius 1 is 1.47 bits per heavy atom. The molecule has 0 aliphatic rings. The van der Waals surface area contributed by atoms with Crippen LogP contribution in [-0.2, 0) is 11.2 Å². The van der Waals surface area contributed by atoms with Crippen molar-refractivity contribution in [1.29, 1.82) is 0 Å². The normalized spacial score (nSPS) is 10.8. The molecular weight excluding hydrogens is 254 g/mol. The summed E-state index contributed by atoms with van der Waals surface area (Å²) in [4.78, 5) is 20.1. The highest BCUT2D eigenvalue weighted by atomic mass is 32.1. The van der Waals surface area contributed by atoms with Crippen LogP contribution in [0.2, 0.25) is 0 Å². The van der Waals surface area contributed by atoms with Crippen LogP contribution in [0.5, 0.6) is 0 Å². The van der Waals surface area contributed by atoms with Gasteiger partial charge in [-0.25, -0.2) is 9.97 Å². The van der Waals surface area contributed by atoms with Crippen LogP contribution in [0.4, 0.5) is 5.13 Å². The molecule has 6 heteroatoms. The second kappa shape index (κ2) is 5.37. The molecule has 0 atom stereocenters.